The van der Waals surface area contributed by atoms with Crippen LogP contribution in [-0.4, -0.2) is 76.8 Å². The van der Waals surface area contributed by atoms with Crippen LogP contribution in [-0.2, 0) is 0 Å². The van der Waals surface area contributed by atoms with E-state index in [0.717, 1.165) is 32.1 Å². The summed E-state index contributed by atoms with van der Waals surface area (Å²) in [6.45, 7) is 7.82. The molecule has 1 saturated heterocycles. The lowest BCUT2D eigenvalue weighted by molar-refractivity contribution is 0.0596. The normalized spacial score (nSPS) is 18.5. The molecule has 0 amide bonds. The molecule has 0 spiro atoms. The second kappa shape index (κ2) is 11.1. The van der Waals surface area contributed by atoms with Gasteiger partial charge in [-0.15, -0.1) is 24.8 Å². The summed E-state index contributed by atoms with van der Waals surface area (Å²) in [6, 6.07) is 7.03. The molecule has 0 saturated carbocycles. The summed E-state index contributed by atoms with van der Waals surface area (Å²) >= 11 is 0. The Morgan fingerprint density at radius 2 is 1.84 bits per heavy atom. The number of hydrogen-bond acceptors (Lipinski definition) is 8. The molecule has 2 aliphatic heterocycles. The van der Waals surface area contributed by atoms with Crippen LogP contribution in [0.3, 0.4) is 0 Å². The van der Waals surface area contributed by atoms with E-state index in [9.17, 15) is 9.90 Å². The number of hydrogen-bond donors (Lipinski definition) is 1. The summed E-state index contributed by atoms with van der Waals surface area (Å²) in [6.07, 6.45) is 3.25. The summed E-state index contributed by atoms with van der Waals surface area (Å²) in [4.78, 5) is 25.2. The molecule has 10 heteroatoms. The number of piperazine rings is 1. The smallest absolute Gasteiger partial charge is 0.225 e. The molecule has 32 heavy (non-hydrogen) atoms. The molecule has 4 rings (SSSR count). The fraction of sp³-hybridized carbons (Fsp3) is 0.500. The number of nitrogens with zero attached hydrogens (tertiary/aromatic N) is 4. The Bertz CT molecular complexity index is 893. The molecule has 1 unspecified atom stereocenters. The van der Waals surface area contributed by atoms with Crippen LogP contribution in [0.1, 0.15) is 30.6 Å². The minimum Gasteiger partial charge on any atom is -0.491 e. The number of Topliss-reactive ketones (excluding diaryl/α,β-unsaturated/α-hetero) is 1. The zero-order valence-corrected chi connectivity index (χ0v) is 19.9. The van der Waals surface area contributed by atoms with E-state index in [-0.39, 0.29) is 37.2 Å². The fourth-order valence-corrected chi connectivity index (χ4v) is 3.85. The molecule has 1 aromatic carbocycles. The summed E-state index contributed by atoms with van der Waals surface area (Å²) in [5.41, 5.74) is 0.0669. The average molecular weight is 485 g/mol. The molecule has 8 nitrogen and oxygen atoms in total. The first-order chi connectivity index (χ1) is 14.4. The molecular weight excluding hydrogens is 455 g/mol. The molecule has 0 bridgehead atoms. The van der Waals surface area contributed by atoms with Crippen LogP contribution in [0.25, 0.3) is 0 Å². The van der Waals surface area contributed by atoms with E-state index < -0.39 is 11.7 Å². The van der Waals surface area contributed by atoms with E-state index in [0.29, 0.717) is 30.0 Å². The lowest BCUT2D eigenvalue weighted by atomic mass is 9.93. The van der Waals surface area contributed by atoms with Crippen molar-refractivity contribution in [2.45, 2.75) is 32.0 Å². The Morgan fingerprint density at radius 3 is 2.53 bits per heavy atom. The number of anilines is 1. The maximum Gasteiger partial charge on any atom is 0.225 e. The number of halogens is 2. The lowest BCUT2D eigenvalue weighted by Gasteiger charge is -2.35. The van der Waals surface area contributed by atoms with Gasteiger partial charge in [0, 0.05) is 51.2 Å². The van der Waals surface area contributed by atoms with Crippen molar-refractivity contribution in [3.05, 3.63) is 42.2 Å². The third-order valence-corrected chi connectivity index (χ3v) is 5.34. The van der Waals surface area contributed by atoms with Crippen molar-refractivity contribution >= 4 is 36.5 Å². The van der Waals surface area contributed by atoms with Gasteiger partial charge < -0.3 is 19.5 Å². The number of ether oxygens (including phenoxy) is 2. The lowest BCUT2D eigenvalue weighted by Crippen LogP contribution is -2.49. The van der Waals surface area contributed by atoms with Crippen LogP contribution in [0.15, 0.2) is 36.7 Å². The topological polar surface area (TPSA) is 88.0 Å². The number of aliphatic hydroxyl groups is 1. The van der Waals surface area contributed by atoms with Crippen molar-refractivity contribution in [2.75, 3.05) is 44.2 Å². The highest BCUT2D eigenvalue weighted by Crippen LogP contribution is 2.35. The van der Waals surface area contributed by atoms with Crippen molar-refractivity contribution in [3.63, 3.8) is 0 Å². The third-order valence-electron chi connectivity index (χ3n) is 5.34. The number of rotatable bonds is 6. The van der Waals surface area contributed by atoms with Gasteiger partial charge in [0.25, 0.3) is 0 Å². The van der Waals surface area contributed by atoms with Crippen LogP contribution in [0, 0.1) is 0 Å². The van der Waals surface area contributed by atoms with Crippen molar-refractivity contribution < 1.29 is 19.4 Å². The van der Waals surface area contributed by atoms with Gasteiger partial charge in [0.15, 0.2) is 5.78 Å². The highest BCUT2D eigenvalue weighted by Gasteiger charge is 2.32. The minimum atomic E-state index is -0.612. The van der Waals surface area contributed by atoms with E-state index in [1.165, 1.54) is 0 Å². The number of carbonyl (C=O) groups is 1. The molecule has 2 aliphatic rings. The van der Waals surface area contributed by atoms with Crippen molar-refractivity contribution in [2.24, 2.45) is 0 Å². The molecule has 176 valence electrons. The Labute approximate surface area is 200 Å². The Kier molecular flexibility index (Phi) is 9.09. The van der Waals surface area contributed by atoms with E-state index in [4.69, 9.17) is 9.47 Å². The summed E-state index contributed by atoms with van der Waals surface area (Å²) in [5.74, 6) is 1.96. The maximum absolute atomic E-state index is 12.2. The predicted octanol–water partition coefficient (Wildman–Crippen LogP) is 2.63. The quantitative estimate of drug-likeness (QED) is 0.669. The second-order valence-corrected chi connectivity index (χ2v) is 8.42. The third kappa shape index (κ3) is 6.45. The average Bonchev–Trinajstić information content (AvgIpc) is 2.72. The molecule has 2 aromatic rings. The van der Waals surface area contributed by atoms with Gasteiger partial charge in [0.1, 0.15) is 29.8 Å². The first-order valence-electron chi connectivity index (χ1n) is 10.3. The van der Waals surface area contributed by atoms with Crippen molar-refractivity contribution in [1.82, 2.24) is 14.9 Å². The molecule has 1 atom stereocenters. The standard InChI is InChI=1S/C22H28N4O4.2ClH/c1-22(2)13-19(28)18-5-4-17(12-20(18)30-22)29-15-16(27)14-25-8-10-26(11-9-25)21-23-6-3-7-24-21;;/h3-7,12,16,27H,8-11,13-15H2,1-2H3;2*1H. The van der Waals surface area contributed by atoms with Crippen molar-refractivity contribution in [1.29, 1.82) is 0 Å². The number of aliphatic hydroxyl groups excluding tert-OH is 1. The zero-order valence-electron chi connectivity index (χ0n) is 18.3. The molecule has 1 fully saturated rings. The van der Waals surface area contributed by atoms with Crippen molar-refractivity contribution in [3.8, 4) is 11.5 Å². The van der Waals surface area contributed by atoms with Crippen LogP contribution < -0.4 is 14.4 Å². The van der Waals surface area contributed by atoms with Gasteiger partial charge in [-0.05, 0) is 32.0 Å². The van der Waals surface area contributed by atoms with Crippen LogP contribution >= 0.6 is 24.8 Å². The Morgan fingerprint density at radius 1 is 1.16 bits per heavy atom. The van der Waals surface area contributed by atoms with Crippen LogP contribution in [0.2, 0.25) is 0 Å². The van der Waals surface area contributed by atoms with E-state index in [2.05, 4.69) is 19.8 Å². The summed E-state index contributed by atoms with van der Waals surface area (Å²) in [5, 5.41) is 10.4. The number of fused-ring (bicyclic) bond motifs is 1. The Hall–Kier alpha value is -2.13. The van der Waals surface area contributed by atoms with Gasteiger partial charge >= 0.3 is 0 Å². The van der Waals surface area contributed by atoms with Crippen LogP contribution in [0.4, 0.5) is 5.95 Å². The number of benzene rings is 1. The largest absolute Gasteiger partial charge is 0.491 e. The van der Waals surface area contributed by atoms with Crippen LogP contribution in [0.5, 0.6) is 11.5 Å². The van der Waals surface area contributed by atoms with Gasteiger partial charge in [-0.3, -0.25) is 9.69 Å². The minimum absolute atomic E-state index is 0. The summed E-state index contributed by atoms with van der Waals surface area (Å²) < 4.78 is 11.7. The fourth-order valence-electron chi connectivity index (χ4n) is 3.85. The highest BCUT2D eigenvalue weighted by atomic mass is 35.5. The van der Waals surface area contributed by atoms with Gasteiger partial charge in [0.2, 0.25) is 5.95 Å². The zero-order chi connectivity index (χ0) is 21.1. The van der Waals surface area contributed by atoms with E-state index >= 15 is 0 Å². The Balaban J connectivity index is 0.00000181. The molecule has 1 aromatic heterocycles. The molecule has 3 heterocycles. The van der Waals surface area contributed by atoms with Gasteiger partial charge in [-0.2, -0.15) is 0 Å². The molecular formula is C22H30Cl2N4O4. The SMILES string of the molecule is CC1(C)CC(=O)c2ccc(OCC(O)CN3CCN(c4ncccn4)CC3)cc2O1.Cl.Cl. The van der Waals surface area contributed by atoms with Gasteiger partial charge in [0.05, 0.1) is 12.0 Å². The monoisotopic (exact) mass is 484 g/mol. The maximum atomic E-state index is 12.2. The van der Waals surface area contributed by atoms with E-state index in [1.807, 2.05) is 19.9 Å². The molecule has 0 aliphatic carbocycles. The van der Waals surface area contributed by atoms with E-state index in [1.54, 1.807) is 30.6 Å². The number of aromatic nitrogens is 2. The van der Waals surface area contributed by atoms with Gasteiger partial charge in [-0.1, -0.05) is 0 Å². The van der Waals surface area contributed by atoms with Gasteiger partial charge in [-0.25, -0.2) is 9.97 Å². The molecule has 0 radical (unpaired) electrons. The first kappa shape index (κ1) is 26.1. The first-order valence-corrected chi connectivity index (χ1v) is 10.3. The number of β-amino-alcohol motifs (C(OH)–C–C–N with tert-alkyl or cyclic N) is 1. The number of carbonyl (C=O) groups excluding carboxylic acids is 1. The highest BCUT2D eigenvalue weighted by molar-refractivity contribution is 6.00. The molecule has 1 N–H and O–H groups in total. The summed E-state index contributed by atoms with van der Waals surface area (Å²) in [7, 11) is 0. The second-order valence-electron chi connectivity index (χ2n) is 8.42. The number of ketones is 1. The predicted molar refractivity (Wildman–Crippen MR) is 127 cm³/mol.